The molecule has 1 atom stereocenters. The Hall–Kier alpha value is -0.880. The summed E-state index contributed by atoms with van der Waals surface area (Å²) in [6, 6.07) is 0. The van der Waals surface area contributed by atoms with E-state index in [1.54, 1.807) is 0 Å². The summed E-state index contributed by atoms with van der Waals surface area (Å²) >= 11 is 0. The van der Waals surface area contributed by atoms with Crippen molar-refractivity contribution in [2.24, 2.45) is 0 Å². The van der Waals surface area contributed by atoms with Crippen LogP contribution in [0.1, 0.15) is 0 Å². The average molecular weight is 192 g/mol. The molecule has 1 unspecified atom stereocenters. The number of esters is 1. The van der Waals surface area contributed by atoms with Gasteiger partial charge in [0.05, 0.1) is 7.11 Å². The smallest absolute Gasteiger partial charge is 0.436 e. The highest BCUT2D eigenvalue weighted by molar-refractivity contribution is 5.80. The van der Waals surface area contributed by atoms with Crippen molar-refractivity contribution >= 4 is 5.97 Å². The lowest BCUT2D eigenvalue weighted by Crippen LogP contribution is -2.50. The summed E-state index contributed by atoms with van der Waals surface area (Å²) in [6.45, 7) is -2.48. The van der Waals surface area contributed by atoms with Gasteiger partial charge in [-0.1, -0.05) is 0 Å². The van der Waals surface area contributed by atoms with Crippen molar-refractivity contribution in [3.63, 3.8) is 0 Å². The van der Waals surface area contributed by atoms with Crippen LogP contribution in [0.3, 0.4) is 0 Å². The van der Waals surface area contributed by atoms with Gasteiger partial charge in [0.1, 0.15) is 6.67 Å². The minimum absolute atomic E-state index is 0.540. The molecule has 0 N–H and O–H groups in total. The maximum atomic E-state index is 12.4. The van der Waals surface area contributed by atoms with Crippen molar-refractivity contribution in [3.05, 3.63) is 0 Å². The van der Waals surface area contributed by atoms with E-state index >= 15 is 0 Å². The Labute approximate surface area is 64.3 Å². The lowest BCUT2D eigenvalue weighted by atomic mass is 10.1. The van der Waals surface area contributed by atoms with E-state index in [9.17, 15) is 26.7 Å². The summed E-state index contributed by atoms with van der Waals surface area (Å²) in [5.41, 5.74) is -4.54. The molecule has 0 aliphatic carbocycles. The molecule has 2 nitrogen and oxygen atoms in total. The molecule has 0 spiro atoms. The first-order valence-corrected chi connectivity index (χ1v) is 2.69. The molecule has 0 aromatic carbocycles. The van der Waals surface area contributed by atoms with Crippen LogP contribution < -0.4 is 0 Å². The number of hydrogen-bond donors (Lipinski definition) is 0. The monoisotopic (exact) mass is 192 g/mol. The van der Waals surface area contributed by atoms with Crippen LogP contribution in [0.2, 0.25) is 0 Å². The van der Waals surface area contributed by atoms with Crippen molar-refractivity contribution in [2.45, 2.75) is 11.8 Å². The third kappa shape index (κ3) is 1.64. The third-order valence-corrected chi connectivity index (χ3v) is 1.14. The molecule has 0 radical (unpaired) electrons. The van der Waals surface area contributed by atoms with Gasteiger partial charge in [0.2, 0.25) is 0 Å². The van der Waals surface area contributed by atoms with Crippen LogP contribution in [0.15, 0.2) is 0 Å². The van der Waals surface area contributed by atoms with Crippen molar-refractivity contribution in [2.75, 3.05) is 13.8 Å². The summed E-state index contributed by atoms with van der Waals surface area (Å²) in [5, 5.41) is 0. The van der Waals surface area contributed by atoms with Crippen molar-refractivity contribution in [1.82, 2.24) is 0 Å². The number of alkyl halides is 5. The number of rotatable bonds is 2. The maximum absolute atomic E-state index is 12.4. The van der Waals surface area contributed by atoms with Gasteiger partial charge in [-0.05, 0) is 0 Å². The second kappa shape index (κ2) is 3.24. The van der Waals surface area contributed by atoms with E-state index in [-0.39, 0.29) is 0 Å². The first-order valence-electron chi connectivity index (χ1n) is 2.69. The molecular weight excluding hydrogens is 187 g/mol. The zero-order valence-electron chi connectivity index (χ0n) is 5.91. The van der Waals surface area contributed by atoms with Gasteiger partial charge in [-0.3, -0.25) is 0 Å². The minimum Gasteiger partial charge on any atom is -0.466 e. The highest BCUT2D eigenvalue weighted by Gasteiger charge is 2.63. The predicted molar refractivity (Wildman–Crippen MR) is 27.9 cm³/mol. The largest absolute Gasteiger partial charge is 0.466 e. The normalized spacial score (nSPS) is 16.8. The number of ether oxygens (including phenoxy) is 1. The second-order valence-electron chi connectivity index (χ2n) is 1.92. The fourth-order valence-electron chi connectivity index (χ4n) is 0.408. The number of methoxy groups -OCH3 is 1. The Kier molecular flexibility index (Phi) is 3.00. The topological polar surface area (TPSA) is 26.3 Å². The van der Waals surface area contributed by atoms with Gasteiger partial charge < -0.3 is 4.74 Å². The van der Waals surface area contributed by atoms with E-state index in [1.807, 2.05) is 0 Å². The summed E-state index contributed by atoms with van der Waals surface area (Å²) in [6.07, 6.45) is -5.59. The van der Waals surface area contributed by atoms with Crippen molar-refractivity contribution in [1.29, 1.82) is 0 Å². The van der Waals surface area contributed by atoms with Crippen LogP contribution >= 0.6 is 0 Å². The molecule has 0 rings (SSSR count). The molecule has 0 amide bonds. The lowest BCUT2D eigenvalue weighted by Gasteiger charge is -2.21. The van der Waals surface area contributed by atoms with Crippen LogP contribution in [-0.2, 0) is 9.53 Å². The molecule has 12 heavy (non-hydrogen) atoms. The summed E-state index contributed by atoms with van der Waals surface area (Å²) < 4.78 is 62.4. The van der Waals surface area contributed by atoms with E-state index in [2.05, 4.69) is 4.74 Å². The van der Waals surface area contributed by atoms with Crippen LogP contribution in [0, 0.1) is 0 Å². The molecule has 0 aromatic heterocycles. The Bertz CT molecular complexity index is 177. The molecule has 0 bridgehead atoms. The molecule has 0 aromatic rings. The lowest BCUT2D eigenvalue weighted by molar-refractivity contribution is -0.241. The third-order valence-electron chi connectivity index (χ3n) is 1.14. The molecule has 0 heterocycles. The van der Waals surface area contributed by atoms with Crippen molar-refractivity contribution in [3.8, 4) is 0 Å². The van der Waals surface area contributed by atoms with Crippen LogP contribution in [-0.4, -0.2) is 31.6 Å². The Balaban J connectivity index is 4.80. The SMILES string of the molecule is COC(=O)C(F)(CF)C(F)(F)F. The van der Waals surface area contributed by atoms with E-state index in [0.717, 1.165) is 0 Å². The molecule has 7 heteroatoms. The Morgan fingerprint density at radius 3 is 1.83 bits per heavy atom. The van der Waals surface area contributed by atoms with E-state index in [1.165, 1.54) is 0 Å². The van der Waals surface area contributed by atoms with Gasteiger partial charge in [-0.2, -0.15) is 13.2 Å². The predicted octanol–water partition coefficient (Wildman–Crippen LogP) is 1.40. The van der Waals surface area contributed by atoms with Crippen LogP contribution in [0.4, 0.5) is 22.0 Å². The van der Waals surface area contributed by atoms with Gasteiger partial charge in [-0.25, -0.2) is 13.6 Å². The van der Waals surface area contributed by atoms with Gasteiger partial charge in [0.25, 0.3) is 0 Å². The number of carbonyl (C=O) groups excluding carboxylic acids is 1. The van der Waals surface area contributed by atoms with E-state index < -0.39 is 24.5 Å². The zero-order valence-corrected chi connectivity index (χ0v) is 5.91. The fraction of sp³-hybridized carbons (Fsp3) is 0.800. The molecule has 0 aliphatic heterocycles. The average Bonchev–Trinajstić information content (AvgIpc) is 1.99. The van der Waals surface area contributed by atoms with Gasteiger partial charge in [0.15, 0.2) is 0 Å². The van der Waals surface area contributed by atoms with Crippen LogP contribution in [0.5, 0.6) is 0 Å². The van der Waals surface area contributed by atoms with E-state index in [0.29, 0.717) is 7.11 Å². The number of halogens is 5. The summed E-state index contributed by atoms with van der Waals surface area (Å²) in [7, 11) is 0.540. The molecule has 0 saturated heterocycles. The molecule has 0 aliphatic rings. The minimum atomic E-state index is -5.59. The van der Waals surface area contributed by atoms with Crippen molar-refractivity contribution < 1.29 is 31.5 Å². The first kappa shape index (κ1) is 11.1. The fourth-order valence-corrected chi connectivity index (χ4v) is 0.408. The van der Waals surface area contributed by atoms with Crippen LogP contribution in [0.25, 0.3) is 0 Å². The standard InChI is InChI=1S/C5H5F5O2/c1-12-3(11)4(7,2-6)5(8,9)10/h2H2,1H3. The maximum Gasteiger partial charge on any atom is 0.436 e. The van der Waals surface area contributed by atoms with Gasteiger partial charge in [0, 0.05) is 0 Å². The molecule has 0 saturated carbocycles. The summed E-state index contributed by atoms with van der Waals surface area (Å²) in [4.78, 5) is 10.2. The molecule has 0 fully saturated rings. The second-order valence-corrected chi connectivity index (χ2v) is 1.92. The highest BCUT2D eigenvalue weighted by Crippen LogP contribution is 2.35. The highest BCUT2D eigenvalue weighted by atomic mass is 19.4. The summed E-state index contributed by atoms with van der Waals surface area (Å²) in [5.74, 6) is -2.28. The number of carbonyl (C=O) groups is 1. The molecule has 72 valence electrons. The zero-order chi connectivity index (χ0) is 9.99. The van der Waals surface area contributed by atoms with E-state index in [4.69, 9.17) is 0 Å². The molecular formula is C5H5F5O2. The first-order chi connectivity index (χ1) is 5.29. The quantitative estimate of drug-likeness (QED) is 0.488. The Morgan fingerprint density at radius 1 is 1.33 bits per heavy atom. The number of hydrogen-bond acceptors (Lipinski definition) is 2. The Morgan fingerprint density at radius 2 is 1.75 bits per heavy atom. The van der Waals surface area contributed by atoms with Gasteiger partial charge in [-0.15, -0.1) is 0 Å². The van der Waals surface area contributed by atoms with Gasteiger partial charge >= 0.3 is 17.8 Å².